The standard InChI is InChI=1S/C18H23NO2/c1-3-15(19)12-14-8-5-6-11-18(14)21-17-10-7-9-16(13-17)20-4-2/h5-11,13,15H,3-4,12,19H2,1-2H3. The van der Waals surface area contributed by atoms with Crippen molar-refractivity contribution in [3.05, 3.63) is 54.1 Å². The van der Waals surface area contributed by atoms with Crippen LogP contribution in [0.3, 0.4) is 0 Å². The van der Waals surface area contributed by atoms with Gasteiger partial charge in [0.25, 0.3) is 0 Å². The Morgan fingerprint density at radius 2 is 1.76 bits per heavy atom. The summed E-state index contributed by atoms with van der Waals surface area (Å²) in [6.45, 7) is 4.71. The summed E-state index contributed by atoms with van der Waals surface area (Å²) in [6.07, 6.45) is 1.77. The van der Waals surface area contributed by atoms with Crippen molar-refractivity contribution in [3.63, 3.8) is 0 Å². The van der Waals surface area contributed by atoms with Gasteiger partial charge in [-0.05, 0) is 43.5 Å². The van der Waals surface area contributed by atoms with Gasteiger partial charge in [-0.15, -0.1) is 0 Å². The summed E-state index contributed by atoms with van der Waals surface area (Å²) in [5, 5.41) is 0. The van der Waals surface area contributed by atoms with Gasteiger partial charge in [-0.2, -0.15) is 0 Å². The molecule has 0 heterocycles. The fourth-order valence-electron chi connectivity index (χ4n) is 2.12. The Balaban J connectivity index is 2.17. The number of benzene rings is 2. The smallest absolute Gasteiger partial charge is 0.131 e. The fraction of sp³-hybridized carbons (Fsp3) is 0.333. The number of hydrogen-bond donors (Lipinski definition) is 1. The Kier molecular flexibility index (Phi) is 5.64. The zero-order valence-corrected chi connectivity index (χ0v) is 12.7. The molecular formula is C18H23NO2. The summed E-state index contributed by atoms with van der Waals surface area (Å²) in [6, 6.07) is 15.9. The van der Waals surface area contributed by atoms with Gasteiger partial charge in [0.15, 0.2) is 0 Å². The highest BCUT2D eigenvalue weighted by Crippen LogP contribution is 2.28. The van der Waals surface area contributed by atoms with E-state index >= 15 is 0 Å². The Bertz CT molecular complexity index is 569. The van der Waals surface area contributed by atoms with Crippen molar-refractivity contribution in [1.82, 2.24) is 0 Å². The number of hydrogen-bond acceptors (Lipinski definition) is 3. The van der Waals surface area contributed by atoms with Crippen molar-refractivity contribution in [3.8, 4) is 17.2 Å². The maximum absolute atomic E-state index is 6.06. The van der Waals surface area contributed by atoms with E-state index in [0.29, 0.717) is 6.61 Å². The van der Waals surface area contributed by atoms with Crippen LogP contribution >= 0.6 is 0 Å². The minimum atomic E-state index is 0.157. The third-order valence-electron chi connectivity index (χ3n) is 3.32. The predicted octanol–water partition coefficient (Wildman–Crippen LogP) is 4.16. The second kappa shape index (κ2) is 7.70. The number of nitrogens with two attached hydrogens (primary N) is 1. The van der Waals surface area contributed by atoms with Crippen LogP contribution in [-0.4, -0.2) is 12.6 Å². The monoisotopic (exact) mass is 285 g/mol. The van der Waals surface area contributed by atoms with Crippen LogP contribution in [0.2, 0.25) is 0 Å². The number of rotatable bonds is 7. The highest BCUT2D eigenvalue weighted by molar-refractivity contribution is 5.40. The summed E-state index contributed by atoms with van der Waals surface area (Å²) in [7, 11) is 0. The average Bonchev–Trinajstić information content (AvgIpc) is 2.50. The molecule has 0 spiro atoms. The summed E-state index contributed by atoms with van der Waals surface area (Å²) in [5.41, 5.74) is 7.19. The molecule has 1 unspecified atom stereocenters. The normalized spacial score (nSPS) is 12.0. The minimum Gasteiger partial charge on any atom is -0.494 e. The lowest BCUT2D eigenvalue weighted by Gasteiger charge is -2.14. The van der Waals surface area contributed by atoms with Crippen LogP contribution < -0.4 is 15.2 Å². The van der Waals surface area contributed by atoms with Gasteiger partial charge in [-0.3, -0.25) is 0 Å². The summed E-state index contributed by atoms with van der Waals surface area (Å²) >= 11 is 0. The maximum atomic E-state index is 6.06. The predicted molar refractivity (Wildman–Crippen MR) is 86.1 cm³/mol. The van der Waals surface area contributed by atoms with E-state index in [0.717, 1.165) is 35.7 Å². The Labute approximate surface area is 126 Å². The first kappa shape index (κ1) is 15.4. The van der Waals surface area contributed by atoms with Gasteiger partial charge in [-0.25, -0.2) is 0 Å². The lowest BCUT2D eigenvalue weighted by molar-refractivity contribution is 0.338. The van der Waals surface area contributed by atoms with Crippen molar-refractivity contribution in [1.29, 1.82) is 0 Å². The second-order valence-corrected chi connectivity index (χ2v) is 4.99. The third-order valence-corrected chi connectivity index (χ3v) is 3.32. The van der Waals surface area contributed by atoms with E-state index in [1.54, 1.807) is 0 Å². The van der Waals surface area contributed by atoms with Crippen LogP contribution in [0.15, 0.2) is 48.5 Å². The van der Waals surface area contributed by atoms with Crippen molar-refractivity contribution in [2.24, 2.45) is 5.73 Å². The van der Waals surface area contributed by atoms with Crippen molar-refractivity contribution >= 4 is 0 Å². The van der Waals surface area contributed by atoms with Crippen LogP contribution in [-0.2, 0) is 6.42 Å². The first-order chi connectivity index (χ1) is 10.2. The summed E-state index contributed by atoms with van der Waals surface area (Å²) in [5.74, 6) is 2.45. The molecule has 3 heteroatoms. The Hall–Kier alpha value is -2.00. The molecule has 0 bridgehead atoms. The molecule has 1 atom stereocenters. The second-order valence-electron chi connectivity index (χ2n) is 4.99. The third kappa shape index (κ3) is 4.50. The number of ether oxygens (including phenoxy) is 2. The van der Waals surface area contributed by atoms with Gasteiger partial charge in [0, 0.05) is 12.1 Å². The van der Waals surface area contributed by atoms with E-state index in [-0.39, 0.29) is 6.04 Å². The first-order valence-electron chi connectivity index (χ1n) is 7.47. The van der Waals surface area contributed by atoms with E-state index in [1.807, 2.05) is 49.4 Å². The van der Waals surface area contributed by atoms with Gasteiger partial charge in [-0.1, -0.05) is 31.2 Å². The van der Waals surface area contributed by atoms with Crippen molar-refractivity contribution in [2.75, 3.05) is 6.61 Å². The molecule has 0 aliphatic rings. The van der Waals surface area contributed by atoms with Gasteiger partial charge in [0.05, 0.1) is 6.61 Å². The first-order valence-corrected chi connectivity index (χ1v) is 7.47. The summed E-state index contributed by atoms with van der Waals surface area (Å²) < 4.78 is 11.5. The molecule has 0 aliphatic heterocycles. The van der Waals surface area contributed by atoms with Gasteiger partial charge in [0.2, 0.25) is 0 Å². The minimum absolute atomic E-state index is 0.157. The fourth-order valence-corrected chi connectivity index (χ4v) is 2.12. The topological polar surface area (TPSA) is 44.5 Å². The van der Waals surface area contributed by atoms with Gasteiger partial charge in [0.1, 0.15) is 17.2 Å². The highest BCUT2D eigenvalue weighted by Gasteiger charge is 2.08. The summed E-state index contributed by atoms with van der Waals surface area (Å²) in [4.78, 5) is 0. The lowest BCUT2D eigenvalue weighted by Crippen LogP contribution is -2.21. The van der Waals surface area contributed by atoms with E-state index in [2.05, 4.69) is 13.0 Å². The molecular weight excluding hydrogens is 262 g/mol. The average molecular weight is 285 g/mol. The van der Waals surface area contributed by atoms with E-state index in [9.17, 15) is 0 Å². The van der Waals surface area contributed by atoms with Crippen LogP contribution in [0.1, 0.15) is 25.8 Å². The van der Waals surface area contributed by atoms with Gasteiger partial charge >= 0.3 is 0 Å². The van der Waals surface area contributed by atoms with E-state index < -0.39 is 0 Å². The molecule has 0 radical (unpaired) electrons. The molecule has 0 saturated heterocycles. The van der Waals surface area contributed by atoms with Crippen molar-refractivity contribution < 1.29 is 9.47 Å². The molecule has 0 fully saturated rings. The van der Waals surface area contributed by atoms with Crippen LogP contribution in [0.25, 0.3) is 0 Å². The maximum Gasteiger partial charge on any atom is 0.131 e. The molecule has 112 valence electrons. The Morgan fingerprint density at radius 3 is 2.52 bits per heavy atom. The highest BCUT2D eigenvalue weighted by atomic mass is 16.5. The molecule has 2 N–H and O–H groups in total. The van der Waals surface area contributed by atoms with Crippen molar-refractivity contribution in [2.45, 2.75) is 32.7 Å². The molecule has 0 saturated carbocycles. The van der Waals surface area contributed by atoms with Crippen LogP contribution in [0.4, 0.5) is 0 Å². The molecule has 2 aromatic carbocycles. The molecule has 0 aliphatic carbocycles. The molecule has 21 heavy (non-hydrogen) atoms. The number of para-hydroxylation sites is 1. The quantitative estimate of drug-likeness (QED) is 0.831. The molecule has 2 aromatic rings. The molecule has 0 amide bonds. The van der Waals surface area contributed by atoms with Crippen LogP contribution in [0.5, 0.6) is 17.2 Å². The lowest BCUT2D eigenvalue weighted by atomic mass is 10.0. The SMILES string of the molecule is CCOc1cccc(Oc2ccccc2CC(N)CC)c1. The van der Waals surface area contributed by atoms with Crippen LogP contribution in [0, 0.1) is 0 Å². The largest absolute Gasteiger partial charge is 0.494 e. The van der Waals surface area contributed by atoms with E-state index in [1.165, 1.54) is 0 Å². The Morgan fingerprint density at radius 1 is 1.00 bits per heavy atom. The van der Waals surface area contributed by atoms with E-state index in [4.69, 9.17) is 15.2 Å². The molecule has 2 rings (SSSR count). The molecule has 0 aromatic heterocycles. The van der Waals surface area contributed by atoms with Gasteiger partial charge < -0.3 is 15.2 Å². The zero-order valence-electron chi connectivity index (χ0n) is 12.7. The zero-order chi connectivity index (χ0) is 15.1. The molecule has 3 nitrogen and oxygen atoms in total.